The molecule has 16 heavy (non-hydrogen) atoms. The van der Waals surface area contributed by atoms with Crippen molar-refractivity contribution in [3.8, 4) is 16.6 Å². The summed E-state index contributed by atoms with van der Waals surface area (Å²) >= 11 is 1.20. The standard InChI is InChI=1S/C10H9N3O2S/c1-6-3-2-4-7(12-6)8-5-16-10(13-8)15-9(11)14/h2-5H,1H3,(H2,11,14). The zero-order valence-corrected chi connectivity index (χ0v) is 9.32. The molecule has 0 fully saturated rings. The summed E-state index contributed by atoms with van der Waals surface area (Å²) in [5, 5.41) is 1.99. The quantitative estimate of drug-likeness (QED) is 0.863. The smallest absolute Gasteiger partial charge is 0.381 e. The predicted molar refractivity (Wildman–Crippen MR) is 60.3 cm³/mol. The van der Waals surface area contributed by atoms with Crippen molar-refractivity contribution in [3.05, 3.63) is 29.3 Å². The lowest BCUT2D eigenvalue weighted by Gasteiger charge is -1.96. The van der Waals surface area contributed by atoms with E-state index in [2.05, 4.69) is 14.7 Å². The molecule has 0 atom stereocenters. The van der Waals surface area contributed by atoms with Crippen molar-refractivity contribution in [2.75, 3.05) is 0 Å². The van der Waals surface area contributed by atoms with Crippen LogP contribution in [0.3, 0.4) is 0 Å². The van der Waals surface area contributed by atoms with Crippen LogP contribution in [0.25, 0.3) is 11.4 Å². The van der Waals surface area contributed by atoms with Gasteiger partial charge in [-0.2, -0.15) is 0 Å². The average Bonchev–Trinajstić information content (AvgIpc) is 2.65. The Hall–Kier alpha value is -1.95. The maximum Gasteiger partial charge on any atom is 0.411 e. The van der Waals surface area contributed by atoms with Gasteiger partial charge in [0.2, 0.25) is 0 Å². The zero-order valence-electron chi connectivity index (χ0n) is 8.51. The maximum absolute atomic E-state index is 10.5. The first-order valence-electron chi connectivity index (χ1n) is 4.52. The van der Waals surface area contributed by atoms with E-state index in [1.165, 1.54) is 11.3 Å². The van der Waals surface area contributed by atoms with E-state index in [1.54, 1.807) is 5.38 Å². The molecule has 0 aliphatic rings. The van der Waals surface area contributed by atoms with E-state index < -0.39 is 6.09 Å². The summed E-state index contributed by atoms with van der Waals surface area (Å²) in [6, 6.07) is 5.64. The second kappa shape index (κ2) is 4.28. The van der Waals surface area contributed by atoms with Gasteiger partial charge in [-0.15, -0.1) is 0 Å². The van der Waals surface area contributed by atoms with Gasteiger partial charge in [-0.1, -0.05) is 17.4 Å². The molecule has 2 heterocycles. The fourth-order valence-electron chi connectivity index (χ4n) is 1.19. The van der Waals surface area contributed by atoms with Crippen LogP contribution < -0.4 is 10.5 Å². The summed E-state index contributed by atoms with van der Waals surface area (Å²) in [5.41, 5.74) is 7.21. The van der Waals surface area contributed by atoms with Gasteiger partial charge in [0.1, 0.15) is 5.69 Å². The molecule has 0 aliphatic heterocycles. The van der Waals surface area contributed by atoms with Crippen molar-refractivity contribution in [3.63, 3.8) is 0 Å². The summed E-state index contributed by atoms with van der Waals surface area (Å²) in [5.74, 6) is 0. The molecule has 0 aliphatic carbocycles. The normalized spacial score (nSPS) is 10.1. The van der Waals surface area contributed by atoms with Crippen LogP contribution in [0.5, 0.6) is 5.19 Å². The number of nitrogens with zero attached hydrogens (tertiary/aromatic N) is 2. The molecule has 0 saturated carbocycles. The molecule has 2 rings (SSSR count). The molecule has 0 radical (unpaired) electrons. The number of hydrogen-bond acceptors (Lipinski definition) is 5. The Morgan fingerprint density at radius 2 is 2.19 bits per heavy atom. The third-order valence-corrected chi connectivity index (χ3v) is 2.54. The Morgan fingerprint density at radius 1 is 1.38 bits per heavy atom. The minimum Gasteiger partial charge on any atom is -0.381 e. The number of carbonyl (C=O) groups is 1. The molecule has 5 nitrogen and oxygen atoms in total. The third kappa shape index (κ3) is 2.34. The van der Waals surface area contributed by atoms with Gasteiger partial charge in [-0.3, -0.25) is 4.98 Å². The highest BCUT2D eigenvalue weighted by Crippen LogP contribution is 2.25. The topological polar surface area (TPSA) is 78.1 Å². The Balaban J connectivity index is 2.28. The van der Waals surface area contributed by atoms with Crippen molar-refractivity contribution in [2.45, 2.75) is 6.92 Å². The summed E-state index contributed by atoms with van der Waals surface area (Å²) in [4.78, 5) is 18.9. The average molecular weight is 235 g/mol. The van der Waals surface area contributed by atoms with Crippen LogP contribution in [-0.4, -0.2) is 16.1 Å². The van der Waals surface area contributed by atoms with E-state index in [4.69, 9.17) is 5.73 Å². The highest BCUT2D eigenvalue weighted by atomic mass is 32.1. The number of amides is 1. The van der Waals surface area contributed by atoms with Crippen LogP contribution in [0.4, 0.5) is 4.79 Å². The highest BCUT2D eigenvalue weighted by molar-refractivity contribution is 7.11. The summed E-state index contributed by atoms with van der Waals surface area (Å²) in [7, 11) is 0. The van der Waals surface area contributed by atoms with Crippen LogP contribution >= 0.6 is 11.3 Å². The second-order valence-corrected chi connectivity index (χ2v) is 3.90. The Labute approximate surface area is 95.9 Å². The largest absolute Gasteiger partial charge is 0.411 e. The number of thiazole rings is 1. The number of carbonyl (C=O) groups excluding carboxylic acids is 1. The molecule has 0 aromatic carbocycles. The van der Waals surface area contributed by atoms with E-state index in [0.717, 1.165) is 11.4 Å². The fourth-order valence-corrected chi connectivity index (χ4v) is 1.86. The summed E-state index contributed by atoms with van der Waals surface area (Å²) < 4.78 is 4.67. The number of hydrogen-bond donors (Lipinski definition) is 1. The number of aryl methyl sites for hydroxylation is 1. The van der Waals surface area contributed by atoms with Crippen molar-refractivity contribution < 1.29 is 9.53 Å². The molecule has 6 heteroatoms. The molecule has 82 valence electrons. The van der Waals surface area contributed by atoms with E-state index in [1.807, 2.05) is 25.1 Å². The van der Waals surface area contributed by atoms with Gasteiger partial charge in [-0.05, 0) is 19.1 Å². The van der Waals surface area contributed by atoms with Crippen molar-refractivity contribution in [1.29, 1.82) is 0 Å². The molecule has 2 aromatic rings. The van der Waals surface area contributed by atoms with Gasteiger partial charge in [-0.25, -0.2) is 9.78 Å². The first kappa shape index (κ1) is 10.6. The fraction of sp³-hybridized carbons (Fsp3) is 0.100. The minimum atomic E-state index is -0.863. The molecule has 0 unspecified atom stereocenters. The van der Waals surface area contributed by atoms with Crippen LogP contribution in [0.1, 0.15) is 5.69 Å². The van der Waals surface area contributed by atoms with Crippen LogP contribution in [0.15, 0.2) is 23.6 Å². The molecule has 2 N–H and O–H groups in total. The van der Waals surface area contributed by atoms with Crippen LogP contribution in [0, 0.1) is 6.92 Å². The van der Waals surface area contributed by atoms with Gasteiger partial charge < -0.3 is 10.5 Å². The SMILES string of the molecule is Cc1cccc(-c2csc(OC(N)=O)n2)n1. The second-order valence-electron chi connectivity index (χ2n) is 3.08. The number of nitrogens with two attached hydrogens (primary N) is 1. The molecule has 2 aromatic heterocycles. The lowest BCUT2D eigenvalue weighted by Crippen LogP contribution is -2.15. The van der Waals surface area contributed by atoms with Crippen molar-refractivity contribution in [1.82, 2.24) is 9.97 Å². The van der Waals surface area contributed by atoms with Crippen molar-refractivity contribution >= 4 is 17.4 Å². The first-order valence-corrected chi connectivity index (χ1v) is 5.40. The summed E-state index contributed by atoms with van der Waals surface area (Å²) in [6.07, 6.45) is -0.863. The van der Waals surface area contributed by atoms with E-state index in [0.29, 0.717) is 5.69 Å². The van der Waals surface area contributed by atoms with E-state index >= 15 is 0 Å². The van der Waals surface area contributed by atoms with E-state index in [-0.39, 0.29) is 5.19 Å². The minimum absolute atomic E-state index is 0.228. The van der Waals surface area contributed by atoms with Gasteiger partial charge in [0.05, 0.1) is 5.69 Å². The number of pyridine rings is 1. The van der Waals surface area contributed by atoms with Crippen molar-refractivity contribution in [2.24, 2.45) is 5.73 Å². The van der Waals surface area contributed by atoms with Gasteiger partial charge >= 0.3 is 6.09 Å². The molecular weight excluding hydrogens is 226 g/mol. The number of ether oxygens (including phenoxy) is 1. The lowest BCUT2D eigenvalue weighted by molar-refractivity contribution is 0.210. The number of aromatic nitrogens is 2. The first-order chi connectivity index (χ1) is 7.65. The number of primary amides is 1. The van der Waals surface area contributed by atoms with Crippen LogP contribution in [-0.2, 0) is 0 Å². The van der Waals surface area contributed by atoms with Crippen LogP contribution in [0.2, 0.25) is 0 Å². The van der Waals surface area contributed by atoms with Gasteiger partial charge in [0.25, 0.3) is 5.19 Å². The highest BCUT2D eigenvalue weighted by Gasteiger charge is 2.08. The third-order valence-electron chi connectivity index (χ3n) is 1.82. The lowest BCUT2D eigenvalue weighted by atomic mass is 10.3. The molecule has 1 amide bonds. The molecule has 0 spiro atoms. The zero-order chi connectivity index (χ0) is 11.5. The molecular formula is C10H9N3O2S. The van der Waals surface area contributed by atoms with E-state index in [9.17, 15) is 4.79 Å². The Bertz CT molecular complexity index is 524. The summed E-state index contributed by atoms with van der Waals surface area (Å²) in [6.45, 7) is 1.90. The van der Waals surface area contributed by atoms with Gasteiger partial charge in [0, 0.05) is 11.1 Å². The Morgan fingerprint density at radius 3 is 2.88 bits per heavy atom. The molecule has 0 bridgehead atoms. The maximum atomic E-state index is 10.5. The number of rotatable bonds is 2. The van der Waals surface area contributed by atoms with Gasteiger partial charge in [0.15, 0.2) is 0 Å². The molecule has 0 saturated heterocycles. The Kier molecular flexibility index (Phi) is 2.82. The monoisotopic (exact) mass is 235 g/mol. The predicted octanol–water partition coefficient (Wildman–Crippen LogP) is 1.97.